The highest BCUT2D eigenvalue weighted by Gasteiger charge is 2.19. The molecule has 0 fully saturated rings. The average molecular weight is 258 g/mol. The molecule has 2 rings (SSSR count). The van der Waals surface area contributed by atoms with E-state index < -0.39 is 0 Å². The van der Waals surface area contributed by atoms with Crippen molar-refractivity contribution in [2.75, 3.05) is 19.5 Å². The van der Waals surface area contributed by atoms with Crippen molar-refractivity contribution in [1.29, 1.82) is 0 Å². The first-order chi connectivity index (χ1) is 7.72. The van der Waals surface area contributed by atoms with Crippen LogP contribution in [0.1, 0.15) is 33.0 Å². The third kappa shape index (κ3) is 2.41. The standard InChI is InChI=1S/C12H16ClNOS/c1-14(7-6-13)12(15)11-8-9-4-2-3-5-10(9)16-11/h8H,2-7H2,1H3. The van der Waals surface area contributed by atoms with Gasteiger partial charge in [0.2, 0.25) is 0 Å². The minimum atomic E-state index is 0.111. The molecule has 1 aromatic heterocycles. The van der Waals surface area contributed by atoms with Gasteiger partial charge in [-0.1, -0.05) is 0 Å². The molecule has 1 amide bonds. The van der Waals surface area contributed by atoms with E-state index in [9.17, 15) is 4.79 Å². The Balaban J connectivity index is 2.14. The lowest BCUT2D eigenvalue weighted by atomic mass is 9.99. The van der Waals surface area contributed by atoms with Gasteiger partial charge in [-0.2, -0.15) is 0 Å². The van der Waals surface area contributed by atoms with Crippen LogP contribution < -0.4 is 0 Å². The minimum absolute atomic E-state index is 0.111. The van der Waals surface area contributed by atoms with Gasteiger partial charge in [-0.3, -0.25) is 4.79 Å². The molecule has 0 atom stereocenters. The van der Waals surface area contributed by atoms with Crippen molar-refractivity contribution in [3.05, 3.63) is 21.4 Å². The minimum Gasteiger partial charge on any atom is -0.340 e. The summed E-state index contributed by atoms with van der Waals surface area (Å²) in [5.41, 5.74) is 1.39. The summed E-state index contributed by atoms with van der Waals surface area (Å²) in [5, 5.41) is 0. The maximum Gasteiger partial charge on any atom is 0.263 e. The molecule has 2 nitrogen and oxygen atoms in total. The number of alkyl halides is 1. The zero-order valence-electron chi connectivity index (χ0n) is 9.46. The first-order valence-electron chi connectivity index (χ1n) is 5.65. The van der Waals surface area contributed by atoms with Crippen LogP contribution in [0.25, 0.3) is 0 Å². The molecule has 0 N–H and O–H groups in total. The summed E-state index contributed by atoms with van der Waals surface area (Å²) < 4.78 is 0. The zero-order chi connectivity index (χ0) is 11.5. The van der Waals surface area contributed by atoms with E-state index in [1.165, 1.54) is 23.3 Å². The highest BCUT2D eigenvalue weighted by atomic mass is 35.5. The molecule has 4 heteroatoms. The summed E-state index contributed by atoms with van der Waals surface area (Å²) in [6, 6.07) is 2.08. The Bertz CT molecular complexity index is 365. The van der Waals surface area contributed by atoms with Gasteiger partial charge in [0.1, 0.15) is 0 Å². The van der Waals surface area contributed by atoms with E-state index in [4.69, 9.17) is 11.6 Å². The number of amides is 1. The van der Waals surface area contributed by atoms with Gasteiger partial charge in [0.25, 0.3) is 5.91 Å². The molecule has 1 aliphatic rings. The molecule has 0 unspecified atom stereocenters. The molecular formula is C12H16ClNOS. The monoisotopic (exact) mass is 257 g/mol. The third-order valence-corrected chi connectivity index (χ3v) is 4.37. The number of hydrogen-bond acceptors (Lipinski definition) is 2. The smallest absolute Gasteiger partial charge is 0.263 e. The quantitative estimate of drug-likeness (QED) is 0.763. The largest absolute Gasteiger partial charge is 0.340 e. The lowest BCUT2D eigenvalue weighted by Crippen LogP contribution is -2.27. The van der Waals surface area contributed by atoms with Crippen molar-refractivity contribution in [3.8, 4) is 0 Å². The predicted molar refractivity (Wildman–Crippen MR) is 68.6 cm³/mol. The SMILES string of the molecule is CN(CCCl)C(=O)c1cc2c(s1)CCCC2. The van der Waals surface area contributed by atoms with Crippen molar-refractivity contribution < 1.29 is 4.79 Å². The zero-order valence-corrected chi connectivity index (χ0v) is 11.0. The molecule has 0 radical (unpaired) electrons. The topological polar surface area (TPSA) is 20.3 Å². The fourth-order valence-corrected chi connectivity index (χ4v) is 3.51. The first kappa shape index (κ1) is 11.9. The van der Waals surface area contributed by atoms with Crippen molar-refractivity contribution in [2.45, 2.75) is 25.7 Å². The molecule has 0 saturated carbocycles. The van der Waals surface area contributed by atoms with Crippen molar-refractivity contribution in [2.24, 2.45) is 0 Å². The van der Waals surface area contributed by atoms with E-state index in [0.717, 1.165) is 17.7 Å². The van der Waals surface area contributed by atoms with Crippen LogP contribution in [0.4, 0.5) is 0 Å². The van der Waals surface area contributed by atoms with Gasteiger partial charge in [-0.15, -0.1) is 22.9 Å². The molecule has 88 valence electrons. The number of rotatable bonds is 3. The molecule has 0 bridgehead atoms. The van der Waals surface area contributed by atoms with Crippen LogP contribution in [-0.2, 0) is 12.8 Å². The van der Waals surface area contributed by atoms with Crippen LogP contribution in [0, 0.1) is 0 Å². The van der Waals surface area contributed by atoms with E-state index in [1.54, 1.807) is 16.2 Å². The predicted octanol–water partition coefficient (Wildman–Crippen LogP) is 2.94. The number of thiophene rings is 1. The van der Waals surface area contributed by atoms with Crippen molar-refractivity contribution in [3.63, 3.8) is 0 Å². The second-order valence-corrected chi connectivity index (χ2v) is 5.70. The Morgan fingerprint density at radius 3 is 2.94 bits per heavy atom. The lowest BCUT2D eigenvalue weighted by molar-refractivity contribution is 0.0808. The molecule has 0 aliphatic heterocycles. The number of carbonyl (C=O) groups is 1. The molecular weight excluding hydrogens is 242 g/mol. The summed E-state index contributed by atoms with van der Waals surface area (Å²) in [5.74, 6) is 0.605. The first-order valence-corrected chi connectivity index (χ1v) is 7.00. The van der Waals surface area contributed by atoms with Crippen LogP contribution in [0.3, 0.4) is 0 Å². The van der Waals surface area contributed by atoms with Gasteiger partial charge in [0.15, 0.2) is 0 Å². The number of carbonyl (C=O) groups excluding carboxylic acids is 1. The molecule has 0 aromatic carbocycles. The van der Waals surface area contributed by atoms with Gasteiger partial charge < -0.3 is 4.90 Å². The van der Waals surface area contributed by atoms with Crippen LogP contribution in [0.2, 0.25) is 0 Å². The fraction of sp³-hybridized carbons (Fsp3) is 0.583. The molecule has 1 heterocycles. The Morgan fingerprint density at radius 1 is 1.50 bits per heavy atom. The Morgan fingerprint density at radius 2 is 2.25 bits per heavy atom. The number of fused-ring (bicyclic) bond motifs is 1. The van der Waals surface area contributed by atoms with E-state index in [1.807, 2.05) is 7.05 Å². The second kappa shape index (κ2) is 5.19. The van der Waals surface area contributed by atoms with Crippen molar-refractivity contribution >= 4 is 28.8 Å². The summed E-state index contributed by atoms with van der Waals surface area (Å²) in [4.78, 5) is 16.0. The third-order valence-electron chi connectivity index (χ3n) is 2.97. The van der Waals surface area contributed by atoms with Gasteiger partial charge in [0.05, 0.1) is 4.88 Å². The van der Waals surface area contributed by atoms with Crippen LogP contribution in [0.15, 0.2) is 6.07 Å². The van der Waals surface area contributed by atoms with Gasteiger partial charge in [-0.25, -0.2) is 0 Å². The maximum absolute atomic E-state index is 12.0. The summed E-state index contributed by atoms with van der Waals surface area (Å²) in [6.45, 7) is 0.614. The van der Waals surface area contributed by atoms with Crippen LogP contribution >= 0.6 is 22.9 Å². The number of halogens is 1. The van der Waals surface area contributed by atoms with E-state index in [0.29, 0.717) is 12.4 Å². The number of nitrogens with zero attached hydrogens (tertiary/aromatic N) is 1. The molecule has 1 aromatic rings. The Labute approximate surface area is 105 Å². The lowest BCUT2D eigenvalue weighted by Gasteiger charge is -2.13. The van der Waals surface area contributed by atoms with Crippen LogP contribution in [0.5, 0.6) is 0 Å². The van der Waals surface area contributed by atoms with E-state index >= 15 is 0 Å². The molecule has 1 aliphatic carbocycles. The number of aryl methyl sites for hydroxylation is 2. The average Bonchev–Trinajstić information content (AvgIpc) is 2.71. The van der Waals surface area contributed by atoms with Crippen LogP contribution in [-0.4, -0.2) is 30.3 Å². The highest BCUT2D eigenvalue weighted by Crippen LogP contribution is 2.30. The summed E-state index contributed by atoms with van der Waals surface area (Å²) in [6.07, 6.45) is 4.80. The normalized spacial score (nSPS) is 14.6. The molecule has 16 heavy (non-hydrogen) atoms. The fourth-order valence-electron chi connectivity index (χ4n) is 2.01. The summed E-state index contributed by atoms with van der Waals surface area (Å²) >= 11 is 7.30. The van der Waals surface area contributed by atoms with E-state index in [-0.39, 0.29) is 5.91 Å². The van der Waals surface area contributed by atoms with Gasteiger partial charge in [0, 0.05) is 24.3 Å². The van der Waals surface area contributed by atoms with Gasteiger partial charge >= 0.3 is 0 Å². The maximum atomic E-state index is 12.0. The van der Waals surface area contributed by atoms with E-state index in [2.05, 4.69) is 6.07 Å². The molecule has 0 spiro atoms. The highest BCUT2D eigenvalue weighted by molar-refractivity contribution is 7.14. The summed E-state index contributed by atoms with van der Waals surface area (Å²) in [7, 11) is 1.81. The number of hydrogen-bond donors (Lipinski definition) is 0. The van der Waals surface area contributed by atoms with Gasteiger partial charge in [-0.05, 0) is 37.3 Å². The molecule has 0 saturated heterocycles. The second-order valence-electron chi connectivity index (χ2n) is 4.18. The van der Waals surface area contributed by atoms with Crippen molar-refractivity contribution in [1.82, 2.24) is 4.90 Å². The Kier molecular flexibility index (Phi) is 3.87. The Hall–Kier alpha value is -0.540.